The summed E-state index contributed by atoms with van der Waals surface area (Å²) in [4.78, 5) is 0. The third kappa shape index (κ3) is 3.33. The Morgan fingerprint density at radius 2 is 1.90 bits per heavy atom. The van der Waals surface area contributed by atoms with Crippen molar-refractivity contribution in [1.82, 2.24) is 0 Å². The number of hydrogen-bond acceptors (Lipinski definition) is 3. The van der Waals surface area contributed by atoms with Gasteiger partial charge in [-0.25, -0.2) is 4.39 Å². The molecule has 1 N–H and O–H groups in total. The van der Waals surface area contributed by atoms with Crippen molar-refractivity contribution in [3.8, 4) is 11.5 Å². The lowest BCUT2D eigenvalue weighted by atomic mass is 10.2. The molecule has 0 aliphatic heterocycles. The van der Waals surface area contributed by atoms with Crippen molar-refractivity contribution < 1.29 is 13.9 Å². The third-order valence-corrected chi connectivity index (χ3v) is 3.20. The first-order chi connectivity index (χ1) is 9.63. The van der Waals surface area contributed by atoms with E-state index in [9.17, 15) is 4.39 Å². The van der Waals surface area contributed by atoms with Gasteiger partial charge in [-0.2, -0.15) is 0 Å². The predicted octanol–water partition coefficient (Wildman–Crippen LogP) is 4.11. The molecule has 2 aromatic rings. The zero-order valence-corrected chi connectivity index (χ0v) is 12.0. The first kappa shape index (κ1) is 14.5. The first-order valence-electron chi connectivity index (χ1n) is 6.04. The summed E-state index contributed by atoms with van der Waals surface area (Å²) in [5.74, 6) is 1.13. The number of methoxy groups -OCH3 is 2. The quantitative estimate of drug-likeness (QED) is 0.900. The van der Waals surface area contributed by atoms with Crippen molar-refractivity contribution in [3.63, 3.8) is 0 Å². The van der Waals surface area contributed by atoms with Gasteiger partial charge >= 0.3 is 0 Å². The van der Waals surface area contributed by atoms with Gasteiger partial charge < -0.3 is 14.8 Å². The molecular weight excluding hydrogens is 281 g/mol. The lowest BCUT2D eigenvalue weighted by Crippen LogP contribution is -2.03. The van der Waals surface area contributed by atoms with Gasteiger partial charge in [-0.1, -0.05) is 11.6 Å². The highest BCUT2D eigenvalue weighted by molar-refractivity contribution is 6.33. The first-order valence-corrected chi connectivity index (χ1v) is 6.41. The standard InChI is InChI=1S/C15H15ClFNO2/c1-19-12-4-6-15(20-2)10(7-12)9-18-14-5-3-11(17)8-13(14)16/h3-8,18H,9H2,1-2H3. The van der Waals surface area contributed by atoms with E-state index in [4.69, 9.17) is 21.1 Å². The summed E-state index contributed by atoms with van der Waals surface area (Å²) < 4.78 is 23.5. The topological polar surface area (TPSA) is 30.5 Å². The zero-order chi connectivity index (χ0) is 14.5. The number of ether oxygens (including phenoxy) is 2. The van der Waals surface area contributed by atoms with Gasteiger partial charge in [0.15, 0.2) is 0 Å². The fourth-order valence-electron chi connectivity index (χ4n) is 1.84. The van der Waals surface area contributed by atoms with Gasteiger partial charge in [0.1, 0.15) is 17.3 Å². The van der Waals surface area contributed by atoms with Gasteiger partial charge in [0.25, 0.3) is 0 Å². The molecule has 20 heavy (non-hydrogen) atoms. The number of hydrogen-bond donors (Lipinski definition) is 1. The molecule has 0 radical (unpaired) electrons. The van der Waals surface area contributed by atoms with Crippen LogP contribution in [0, 0.1) is 5.82 Å². The molecule has 2 rings (SSSR count). The fraction of sp³-hybridized carbons (Fsp3) is 0.200. The van der Waals surface area contributed by atoms with E-state index in [2.05, 4.69) is 5.32 Å². The van der Waals surface area contributed by atoms with Crippen molar-refractivity contribution in [3.05, 3.63) is 52.8 Å². The average molecular weight is 296 g/mol. The van der Waals surface area contributed by atoms with Crippen LogP contribution < -0.4 is 14.8 Å². The van der Waals surface area contributed by atoms with Crippen molar-refractivity contribution in [1.29, 1.82) is 0 Å². The molecule has 0 aliphatic rings. The summed E-state index contributed by atoms with van der Waals surface area (Å²) in [6.45, 7) is 0.492. The molecule has 0 aliphatic carbocycles. The normalized spacial score (nSPS) is 10.2. The second-order valence-electron chi connectivity index (χ2n) is 4.16. The predicted molar refractivity (Wildman–Crippen MR) is 78.3 cm³/mol. The molecule has 0 heterocycles. The summed E-state index contributed by atoms with van der Waals surface area (Å²) in [5.41, 5.74) is 1.59. The summed E-state index contributed by atoms with van der Waals surface area (Å²) in [7, 11) is 3.21. The number of halogens is 2. The Hall–Kier alpha value is -1.94. The van der Waals surface area contributed by atoms with E-state index < -0.39 is 0 Å². The Bertz CT molecular complexity index is 604. The maximum atomic E-state index is 13.0. The lowest BCUT2D eigenvalue weighted by Gasteiger charge is -2.13. The van der Waals surface area contributed by atoms with Crippen LogP contribution in [0.5, 0.6) is 11.5 Å². The average Bonchev–Trinajstić information content (AvgIpc) is 2.46. The molecule has 0 atom stereocenters. The number of rotatable bonds is 5. The molecule has 0 bridgehead atoms. The van der Waals surface area contributed by atoms with Crippen LogP contribution in [0.4, 0.5) is 10.1 Å². The highest BCUT2D eigenvalue weighted by Crippen LogP contribution is 2.27. The van der Waals surface area contributed by atoms with E-state index in [-0.39, 0.29) is 5.82 Å². The molecule has 0 spiro atoms. The Labute approximate surface area is 122 Å². The van der Waals surface area contributed by atoms with Crippen molar-refractivity contribution in [2.45, 2.75) is 6.54 Å². The van der Waals surface area contributed by atoms with Crippen molar-refractivity contribution >= 4 is 17.3 Å². The van der Waals surface area contributed by atoms with Crippen LogP contribution in [0.2, 0.25) is 5.02 Å². The van der Waals surface area contributed by atoms with Crippen LogP contribution in [0.25, 0.3) is 0 Å². The SMILES string of the molecule is COc1ccc(OC)c(CNc2ccc(F)cc2Cl)c1. The van der Waals surface area contributed by atoms with Gasteiger partial charge in [-0.15, -0.1) is 0 Å². The van der Waals surface area contributed by atoms with E-state index in [1.807, 2.05) is 18.2 Å². The fourth-order valence-corrected chi connectivity index (χ4v) is 2.08. The molecule has 0 unspecified atom stereocenters. The molecular formula is C15H15ClFNO2. The monoisotopic (exact) mass is 295 g/mol. The van der Waals surface area contributed by atoms with Gasteiger partial charge in [-0.05, 0) is 36.4 Å². The van der Waals surface area contributed by atoms with Crippen molar-refractivity contribution in [2.75, 3.05) is 19.5 Å². The molecule has 0 saturated carbocycles. The molecule has 0 aromatic heterocycles. The van der Waals surface area contributed by atoms with E-state index in [1.165, 1.54) is 12.1 Å². The van der Waals surface area contributed by atoms with Gasteiger partial charge in [0, 0.05) is 12.1 Å². The molecule has 5 heteroatoms. The van der Waals surface area contributed by atoms with Gasteiger partial charge in [0.05, 0.1) is 24.9 Å². The van der Waals surface area contributed by atoms with E-state index in [0.717, 1.165) is 17.1 Å². The summed E-state index contributed by atoms with van der Waals surface area (Å²) in [6.07, 6.45) is 0. The largest absolute Gasteiger partial charge is 0.497 e. The van der Waals surface area contributed by atoms with Crippen LogP contribution in [-0.2, 0) is 6.54 Å². The smallest absolute Gasteiger partial charge is 0.124 e. The molecule has 106 valence electrons. The highest BCUT2D eigenvalue weighted by atomic mass is 35.5. The molecule has 0 amide bonds. The molecule has 0 fully saturated rings. The Morgan fingerprint density at radius 1 is 1.10 bits per heavy atom. The number of anilines is 1. The minimum absolute atomic E-state index is 0.340. The van der Waals surface area contributed by atoms with Gasteiger partial charge in [0.2, 0.25) is 0 Å². The maximum absolute atomic E-state index is 13.0. The van der Waals surface area contributed by atoms with Crippen LogP contribution in [0.15, 0.2) is 36.4 Å². The third-order valence-electron chi connectivity index (χ3n) is 2.89. The minimum atomic E-state index is -0.362. The van der Waals surface area contributed by atoms with Crippen LogP contribution in [0.3, 0.4) is 0 Å². The number of nitrogens with one attached hydrogen (secondary N) is 1. The maximum Gasteiger partial charge on any atom is 0.124 e. The summed E-state index contributed by atoms with van der Waals surface area (Å²) in [6, 6.07) is 9.77. The minimum Gasteiger partial charge on any atom is -0.497 e. The van der Waals surface area contributed by atoms with Crippen LogP contribution >= 0.6 is 11.6 Å². The van der Waals surface area contributed by atoms with Gasteiger partial charge in [-0.3, -0.25) is 0 Å². The second-order valence-corrected chi connectivity index (χ2v) is 4.56. The summed E-state index contributed by atoms with van der Waals surface area (Å²) in [5, 5.41) is 3.49. The zero-order valence-electron chi connectivity index (χ0n) is 11.2. The summed E-state index contributed by atoms with van der Waals surface area (Å²) >= 11 is 5.97. The van der Waals surface area contributed by atoms with E-state index >= 15 is 0 Å². The Balaban J connectivity index is 2.17. The molecule has 3 nitrogen and oxygen atoms in total. The van der Waals surface area contributed by atoms with Crippen LogP contribution in [-0.4, -0.2) is 14.2 Å². The van der Waals surface area contributed by atoms with E-state index in [1.54, 1.807) is 20.3 Å². The Kier molecular flexibility index (Phi) is 4.69. The number of benzene rings is 2. The molecule has 2 aromatic carbocycles. The van der Waals surface area contributed by atoms with Crippen LogP contribution in [0.1, 0.15) is 5.56 Å². The highest BCUT2D eigenvalue weighted by Gasteiger charge is 2.07. The second kappa shape index (κ2) is 6.48. The van der Waals surface area contributed by atoms with E-state index in [0.29, 0.717) is 17.3 Å². The van der Waals surface area contributed by atoms with Crippen molar-refractivity contribution in [2.24, 2.45) is 0 Å². The lowest BCUT2D eigenvalue weighted by molar-refractivity contribution is 0.399. The Morgan fingerprint density at radius 3 is 2.55 bits per heavy atom. The molecule has 0 saturated heterocycles.